The molecule has 0 atom stereocenters. The molecule has 0 bridgehead atoms. The minimum absolute atomic E-state index is 0.110. The third-order valence-electron chi connectivity index (χ3n) is 3.05. The van der Waals surface area contributed by atoms with Crippen molar-refractivity contribution < 1.29 is 9.18 Å². The summed E-state index contributed by atoms with van der Waals surface area (Å²) in [4.78, 5) is 16.1. The quantitative estimate of drug-likeness (QED) is 0.853. The van der Waals surface area contributed by atoms with Crippen molar-refractivity contribution in [1.82, 2.24) is 5.32 Å². The van der Waals surface area contributed by atoms with Gasteiger partial charge in [-0.3, -0.25) is 4.99 Å². The Morgan fingerprint density at radius 3 is 2.50 bits per heavy atom. The van der Waals surface area contributed by atoms with Crippen LogP contribution in [0.5, 0.6) is 0 Å². The lowest BCUT2D eigenvalue weighted by molar-refractivity contribution is 0.254. The topological polar surface area (TPSA) is 53.5 Å². The second-order valence-corrected chi connectivity index (χ2v) is 5.51. The van der Waals surface area contributed by atoms with Crippen LogP contribution in [-0.4, -0.2) is 11.7 Å². The molecule has 22 heavy (non-hydrogen) atoms. The predicted octanol–water partition coefficient (Wildman–Crippen LogP) is 4.05. The van der Waals surface area contributed by atoms with E-state index in [1.807, 2.05) is 30.3 Å². The normalized spacial score (nSPS) is 12.8. The molecule has 0 saturated heterocycles. The molecule has 2 amide bonds. The summed E-state index contributed by atoms with van der Waals surface area (Å²) in [6.07, 6.45) is 1.56. The third-order valence-corrected chi connectivity index (χ3v) is 3.55. The number of hydrogen-bond donors (Lipinski definition) is 2. The summed E-state index contributed by atoms with van der Waals surface area (Å²) in [5, 5.41) is 5.12. The van der Waals surface area contributed by atoms with Crippen LogP contribution in [0, 0.1) is 5.82 Å². The van der Waals surface area contributed by atoms with E-state index in [9.17, 15) is 9.18 Å². The number of anilines is 1. The van der Waals surface area contributed by atoms with Gasteiger partial charge in [0.25, 0.3) is 0 Å². The van der Waals surface area contributed by atoms with E-state index in [2.05, 4.69) is 31.6 Å². The second-order valence-electron chi connectivity index (χ2n) is 4.59. The summed E-state index contributed by atoms with van der Waals surface area (Å²) in [5.74, 6) is -0.510. The van der Waals surface area contributed by atoms with E-state index >= 15 is 0 Å². The number of benzene rings is 2. The van der Waals surface area contributed by atoms with Crippen molar-refractivity contribution in [1.29, 1.82) is 0 Å². The zero-order valence-electron chi connectivity index (χ0n) is 11.3. The van der Waals surface area contributed by atoms with Crippen LogP contribution in [0.4, 0.5) is 14.9 Å². The van der Waals surface area contributed by atoms with Crippen molar-refractivity contribution in [3.8, 4) is 0 Å². The highest BCUT2D eigenvalue weighted by molar-refractivity contribution is 9.10. The number of urea groups is 1. The minimum Gasteiger partial charge on any atom is -0.305 e. The van der Waals surface area contributed by atoms with E-state index in [0.717, 1.165) is 5.56 Å². The molecule has 1 aliphatic rings. The molecule has 2 aromatic carbocycles. The summed E-state index contributed by atoms with van der Waals surface area (Å²) in [5.41, 5.74) is 2.32. The maximum atomic E-state index is 13.7. The van der Waals surface area contributed by atoms with Crippen molar-refractivity contribution >= 4 is 33.4 Å². The van der Waals surface area contributed by atoms with E-state index in [1.165, 1.54) is 12.1 Å². The molecular formula is C16H11BrFN3O. The van der Waals surface area contributed by atoms with Gasteiger partial charge >= 0.3 is 6.03 Å². The first-order chi connectivity index (χ1) is 10.6. The molecule has 110 valence electrons. The molecule has 0 fully saturated rings. The summed E-state index contributed by atoms with van der Waals surface area (Å²) < 4.78 is 14.3. The van der Waals surface area contributed by atoms with Gasteiger partial charge in [-0.2, -0.15) is 0 Å². The Labute approximate surface area is 134 Å². The fraction of sp³-hybridized carbons (Fsp3) is 0. The first-order valence-electron chi connectivity index (χ1n) is 6.50. The van der Waals surface area contributed by atoms with Crippen LogP contribution in [0.1, 0.15) is 5.56 Å². The highest BCUT2D eigenvalue weighted by Gasteiger charge is 2.18. The van der Waals surface area contributed by atoms with Crippen molar-refractivity contribution in [3.05, 3.63) is 76.3 Å². The first-order valence-corrected chi connectivity index (χ1v) is 7.29. The molecule has 0 saturated carbocycles. The van der Waals surface area contributed by atoms with E-state index in [0.29, 0.717) is 15.9 Å². The molecule has 0 spiro atoms. The van der Waals surface area contributed by atoms with Gasteiger partial charge in [0, 0.05) is 10.0 Å². The van der Waals surface area contributed by atoms with Gasteiger partial charge in [0.1, 0.15) is 5.82 Å². The van der Waals surface area contributed by atoms with E-state index < -0.39 is 11.8 Å². The Bertz CT molecular complexity index is 787. The number of carbonyl (C=O) groups excluding carboxylic acids is 1. The zero-order valence-corrected chi connectivity index (χ0v) is 12.9. The van der Waals surface area contributed by atoms with Crippen molar-refractivity contribution in [3.63, 3.8) is 0 Å². The number of amides is 2. The van der Waals surface area contributed by atoms with E-state index in [1.54, 1.807) is 12.3 Å². The summed E-state index contributed by atoms with van der Waals surface area (Å²) in [6.45, 7) is 0. The Kier molecular flexibility index (Phi) is 4.02. The average molecular weight is 360 g/mol. The number of nitrogens with zero attached hydrogens (tertiary/aromatic N) is 1. The van der Waals surface area contributed by atoms with Crippen LogP contribution < -0.4 is 10.6 Å². The summed E-state index contributed by atoms with van der Waals surface area (Å²) in [7, 11) is 0. The molecule has 4 nitrogen and oxygen atoms in total. The van der Waals surface area contributed by atoms with E-state index in [-0.39, 0.29) is 5.69 Å². The fourth-order valence-electron chi connectivity index (χ4n) is 1.98. The largest absolute Gasteiger partial charge is 0.323 e. The van der Waals surface area contributed by atoms with Gasteiger partial charge in [-0.15, -0.1) is 0 Å². The summed E-state index contributed by atoms with van der Waals surface area (Å²) in [6, 6.07) is 13.4. The number of allylic oxidation sites excluding steroid dienone is 1. The van der Waals surface area contributed by atoms with Gasteiger partial charge in [0.2, 0.25) is 0 Å². The van der Waals surface area contributed by atoms with Crippen LogP contribution in [0.25, 0.3) is 0 Å². The van der Waals surface area contributed by atoms with Gasteiger partial charge in [0.15, 0.2) is 0 Å². The molecule has 1 aliphatic heterocycles. The molecule has 0 aliphatic carbocycles. The van der Waals surface area contributed by atoms with Crippen LogP contribution in [0.3, 0.4) is 0 Å². The van der Waals surface area contributed by atoms with Gasteiger partial charge in [-0.05, 0) is 18.2 Å². The Morgan fingerprint density at radius 1 is 1.09 bits per heavy atom. The Morgan fingerprint density at radius 2 is 1.86 bits per heavy atom. The third kappa shape index (κ3) is 3.07. The maximum absolute atomic E-state index is 13.7. The number of aliphatic imine (C=N–C) groups is 1. The lowest BCUT2D eigenvalue weighted by Gasteiger charge is -2.18. The van der Waals surface area contributed by atoms with Gasteiger partial charge in [0.05, 0.1) is 23.3 Å². The molecule has 6 heteroatoms. The van der Waals surface area contributed by atoms with Crippen LogP contribution in [0.2, 0.25) is 0 Å². The first kappa shape index (κ1) is 14.5. The fourth-order valence-corrected chi connectivity index (χ4v) is 2.31. The van der Waals surface area contributed by atoms with Gasteiger partial charge < -0.3 is 10.6 Å². The molecule has 0 aromatic heterocycles. The number of hydrogen-bond acceptors (Lipinski definition) is 2. The van der Waals surface area contributed by atoms with Crippen molar-refractivity contribution in [2.45, 2.75) is 0 Å². The molecule has 0 radical (unpaired) electrons. The number of halogens is 2. The van der Waals surface area contributed by atoms with Crippen LogP contribution in [0.15, 0.2) is 69.9 Å². The molecule has 2 N–H and O–H groups in total. The Hall–Kier alpha value is -2.47. The smallest absolute Gasteiger partial charge is 0.305 e. The van der Waals surface area contributed by atoms with Gasteiger partial charge in [-0.1, -0.05) is 46.3 Å². The van der Waals surface area contributed by atoms with Crippen LogP contribution in [-0.2, 0) is 0 Å². The molecule has 3 rings (SSSR count). The van der Waals surface area contributed by atoms with Crippen molar-refractivity contribution in [2.75, 3.05) is 5.32 Å². The number of rotatable bonds is 3. The summed E-state index contributed by atoms with van der Waals surface area (Å²) >= 11 is 3.16. The lowest BCUT2D eigenvalue weighted by Crippen LogP contribution is -2.34. The molecular weight excluding hydrogens is 349 g/mol. The second kappa shape index (κ2) is 6.11. The van der Waals surface area contributed by atoms with Gasteiger partial charge in [-0.25, -0.2) is 9.18 Å². The number of nitrogens with one attached hydrogen (secondary N) is 2. The molecule has 0 unspecified atom stereocenters. The maximum Gasteiger partial charge on any atom is 0.323 e. The highest BCUT2D eigenvalue weighted by atomic mass is 79.9. The highest BCUT2D eigenvalue weighted by Crippen LogP contribution is 2.20. The SMILES string of the molecule is O=C(NC1=CN=C1c1ccccc1)Nc1ccc(Br)cc1F. The van der Waals surface area contributed by atoms with E-state index in [4.69, 9.17) is 0 Å². The lowest BCUT2D eigenvalue weighted by atomic mass is 10.1. The Balaban J connectivity index is 1.63. The predicted molar refractivity (Wildman–Crippen MR) is 87.3 cm³/mol. The van der Waals surface area contributed by atoms with Crippen molar-refractivity contribution in [2.24, 2.45) is 4.99 Å². The minimum atomic E-state index is -0.518. The molecule has 2 aromatic rings. The average Bonchev–Trinajstić information content (AvgIpc) is 2.48. The monoisotopic (exact) mass is 359 g/mol. The zero-order chi connectivity index (χ0) is 15.5. The van der Waals surface area contributed by atoms with Crippen LogP contribution >= 0.6 is 15.9 Å². The molecule has 1 heterocycles. The standard InChI is InChI=1S/C16H11BrFN3O/c17-11-6-7-13(12(18)8-11)20-16(22)21-14-9-19-15(14)10-4-2-1-3-5-10/h1-9H,(H2,20,21,22). The number of carbonyl (C=O) groups is 1.